The van der Waals surface area contributed by atoms with Gasteiger partial charge in [-0.2, -0.15) is 0 Å². The van der Waals surface area contributed by atoms with Crippen LogP contribution in [-0.4, -0.2) is 24.0 Å². The van der Waals surface area contributed by atoms with Gasteiger partial charge in [0.15, 0.2) is 0 Å². The zero-order chi connectivity index (χ0) is 26.0. The van der Waals surface area contributed by atoms with Crippen LogP contribution < -0.4 is 0 Å². The lowest BCUT2D eigenvalue weighted by atomic mass is 9.66. The van der Waals surface area contributed by atoms with Crippen molar-refractivity contribution in [3.63, 3.8) is 0 Å². The van der Waals surface area contributed by atoms with Gasteiger partial charge in [0.2, 0.25) is 0 Å². The molecule has 0 radical (unpaired) electrons. The molecular weight excluding hydrogens is 450 g/mol. The molecule has 5 heteroatoms. The fraction of sp³-hybridized carbons (Fsp3) is 0.645. The quantitative estimate of drug-likeness (QED) is 0.306. The van der Waals surface area contributed by atoms with E-state index in [9.17, 15) is 9.59 Å². The maximum Gasteiger partial charge on any atom is 0.305 e. The van der Waals surface area contributed by atoms with E-state index in [1.165, 1.54) is 24.7 Å². The third-order valence-corrected chi connectivity index (χ3v) is 7.95. The molecule has 36 heavy (non-hydrogen) atoms. The number of hydrogen-bond acceptors (Lipinski definition) is 5. The summed E-state index contributed by atoms with van der Waals surface area (Å²) in [5.74, 6) is 2.52. The number of carbonyl (C=O) groups is 2. The number of carbonyl (C=O) groups excluding carboxylic acids is 2. The van der Waals surface area contributed by atoms with Crippen molar-refractivity contribution in [2.75, 3.05) is 7.11 Å². The van der Waals surface area contributed by atoms with Crippen molar-refractivity contribution in [3.05, 3.63) is 51.9 Å². The number of nitrogens with zero attached hydrogens (tertiary/aromatic N) is 1. The standard InChI is InChI=1S/C31H43NO4/c1-19-7-8-23(20(2)13-19)16-26(33)17-24(11-12-27(34)35-6)29-28(22-9-10-22)30(36-32-29)25-14-21(15-25)18-31(3,4)5/h7-8,13,21-22,24-25H,9-12,14-18H2,1-6H3. The Kier molecular flexibility index (Phi) is 8.06. The summed E-state index contributed by atoms with van der Waals surface area (Å²) in [6, 6.07) is 6.24. The lowest BCUT2D eigenvalue weighted by molar-refractivity contribution is -0.141. The molecule has 2 aliphatic carbocycles. The fourth-order valence-corrected chi connectivity index (χ4v) is 6.01. The van der Waals surface area contributed by atoms with Crippen molar-refractivity contribution in [2.24, 2.45) is 11.3 Å². The number of Topliss-reactive ketones (excluding diaryl/α,β-unsaturated/α-hetero) is 1. The van der Waals surface area contributed by atoms with Gasteiger partial charge in [0.05, 0.1) is 12.8 Å². The van der Waals surface area contributed by atoms with E-state index < -0.39 is 0 Å². The molecule has 196 valence electrons. The third-order valence-electron chi connectivity index (χ3n) is 7.95. The summed E-state index contributed by atoms with van der Waals surface area (Å²) in [4.78, 5) is 25.3. The first-order valence-electron chi connectivity index (χ1n) is 13.7. The molecular formula is C31H43NO4. The van der Waals surface area contributed by atoms with Crippen molar-refractivity contribution in [1.29, 1.82) is 0 Å². The van der Waals surface area contributed by atoms with Gasteiger partial charge in [-0.3, -0.25) is 9.59 Å². The van der Waals surface area contributed by atoms with Crippen LogP contribution in [0.2, 0.25) is 0 Å². The largest absolute Gasteiger partial charge is 0.469 e. The maximum atomic E-state index is 13.3. The Hall–Kier alpha value is -2.43. The number of rotatable bonds is 11. The maximum absolute atomic E-state index is 13.3. The molecule has 1 atom stereocenters. The Balaban J connectivity index is 1.52. The molecule has 1 aromatic heterocycles. The Morgan fingerprint density at radius 1 is 1.14 bits per heavy atom. The SMILES string of the molecule is COC(=O)CCC(CC(=O)Cc1ccc(C)cc1C)c1noc(C2CC(CC(C)(C)C)C2)c1C1CC1. The Bertz CT molecular complexity index is 1080. The number of ketones is 1. The van der Waals surface area contributed by atoms with E-state index in [0.717, 1.165) is 54.2 Å². The summed E-state index contributed by atoms with van der Waals surface area (Å²) in [5, 5.41) is 4.59. The van der Waals surface area contributed by atoms with Gasteiger partial charge in [0.1, 0.15) is 11.5 Å². The first kappa shape index (κ1) is 26.6. The summed E-state index contributed by atoms with van der Waals surface area (Å²) in [5.41, 5.74) is 5.93. The molecule has 1 unspecified atom stereocenters. The number of aryl methyl sites for hydroxylation is 2. The van der Waals surface area contributed by atoms with E-state index in [2.05, 4.69) is 58.0 Å². The van der Waals surface area contributed by atoms with Gasteiger partial charge in [-0.1, -0.05) is 49.7 Å². The van der Waals surface area contributed by atoms with Crippen molar-refractivity contribution >= 4 is 11.8 Å². The minimum atomic E-state index is -0.248. The molecule has 2 aliphatic rings. The zero-order valence-corrected chi connectivity index (χ0v) is 23.0. The van der Waals surface area contributed by atoms with Gasteiger partial charge in [-0.25, -0.2) is 0 Å². The topological polar surface area (TPSA) is 69.4 Å². The second kappa shape index (κ2) is 10.9. The summed E-state index contributed by atoms with van der Waals surface area (Å²) in [7, 11) is 1.41. The van der Waals surface area contributed by atoms with Crippen LogP contribution in [0.1, 0.15) is 124 Å². The predicted molar refractivity (Wildman–Crippen MR) is 141 cm³/mol. The highest BCUT2D eigenvalue weighted by molar-refractivity contribution is 5.82. The first-order chi connectivity index (χ1) is 17.0. The molecule has 2 aromatic rings. The van der Waals surface area contributed by atoms with Crippen molar-refractivity contribution < 1.29 is 18.8 Å². The second-order valence-corrected chi connectivity index (χ2v) is 12.6. The van der Waals surface area contributed by atoms with Crippen molar-refractivity contribution in [2.45, 2.75) is 110 Å². The number of benzene rings is 1. The second-order valence-electron chi connectivity index (χ2n) is 12.6. The highest BCUT2D eigenvalue weighted by Gasteiger charge is 2.42. The van der Waals surface area contributed by atoms with Crippen LogP contribution in [0.5, 0.6) is 0 Å². The van der Waals surface area contributed by atoms with Crippen LogP contribution in [0.25, 0.3) is 0 Å². The number of esters is 1. The molecule has 0 bridgehead atoms. The van der Waals surface area contributed by atoms with E-state index in [4.69, 9.17) is 9.26 Å². The average molecular weight is 494 g/mol. The van der Waals surface area contributed by atoms with E-state index in [1.807, 2.05) is 0 Å². The van der Waals surface area contributed by atoms with Crippen LogP contribution in [0.4, 0.5) is 0 Å². The lowest BCUT2D eigenvalue weighted by Gasteiger charge is -2.38. The molecule has 2 saturated carbocycles. The van der Waals surface area contributed by atoms with Crippen molar-refractivity contribution in [1.82, 2.24) is 5.16 Å². The van der Waals surface area contributed by atoms with E-state index in [0.29, 0.717) is 36.5 Å². The van der Waals surface area contributed by atoms with Crippen molar-refractivity contribution in [3.8, 4) is 0 Å². The van der Waals surface area contributed by atoms with E-state index in [1.54, 1.807) is 0 Å². The van der Waals surface area contributed by atoms with Crippen LogP contribution >= 0.6 is 0 Å². The zero-order valence-electron chi connectivity index (χ0n) is 23.0. The summed E-state index contributed by atoms with van der Waals surface area (Å²) in [6.45, 7) is 11.1. The number of hydrogen-bond donors (Lipinski definition) is 0. The third kappa shape index (κ3) is 6.66. The highest BCUT2D eigenvalue weighted by atomic mass is 16.5. The van der Waals surface area contributed by atoms with Crippen LogP contribution in [0, 0.1) is 25.2 Å². The molecule has 5 nitrogen and oxygen atoms in total. The summed E-state index contributed by atoms with van der Waals surface area (Å²) >= 11 is 0. The average Bonchev–Trinajstić information content (AvgIpc) is 3.53. The molecule has 1 heterocycles. The Morgan fingerprint density at radius 2 is 1.86 bits per heavy atom. The molecule has 0 aliphatic heterocycles. The van der Waals surface area contributed by atoms with Gasteiger partial charge >= 0.3 is 5.97 Å². The monoisotopic (exact) mass is 493 g/mol. The number of aromatic nitrogens is 1. The number of methoxy groups -OCH3 is 1. The fourth-order valence-electron chi connectivity index (χ4n) is 6.01. The van der Waals surface area contributed by atoms with E-state index >= 15 is 0 Å². The Labute approximate surface area is 216 Å². The van der Waals surface area contributed by atoms with Gasteiger partial charge in [0, 0.05) is 36.7 Å². The first-order valence-corrected chi connectivity index (χ1v) is 13.7. The van der Waals surface area contributed by atoms with Crippen LogP contribution in [0.15, 0.2) is 22.7 Å². The minimum absolute atomic E-state index is 0.124. The van der Waals surface area contributed by atoms with Crippen LogP contribution in [-0.2, 0) is 20.7 Å². The molecule has 2 fully saturated rings. The van der Waals surface area contributed by atoms with Crippen LogP contribution in [0.3, 0.4) is 0 Å². The van der Waals surface area contributed by atoms with Gasteiger partial charge in [0.25, 0.3) is 0 Å². The van der Waals surface area contributed by atoms with Gasteiger partial charge in [-0.15, -0.1) is 0 Å². The normalized spacial score (nSPS) is 20.6. The molecule has 0 amide bonds. The number of ether oxygens (including phenoxy) is 1. The molecule has 4 rings (SSSR count). The molecule has 0 spiro atoms. The van der Waals surface area contributed by atoms with E-state index in [-0.39, 0.29) is 24.1 Å². The smallest absolute Gasteiger partial charge is 0.305 e. The lowest BCUT2D eigenvalue weighted by Crippen LogP contribution is -2.26. The van der Waals surface area contributed by atoms with Gasteiger partial charge < -0.3 is 9.26 Å². The highest BCUT2D eigenvalue weighted by Crippen LogP contribution is 2.53. The molecule has 1 aromatic carbocycles. The predicted octanol–water partition coefficient (Wildman–Crippen LogP) is 7.34. The minimum Gasteiger partial charge on any atom is -0.469 e. The molecule has 0 saturated heterocycles. The summed E-state index contributed by atoms with van der Waals surface area (Å²) in [6.07, 6.45) is 7.45. The Morgan fingerprint density at radius 3 is 2.47 bits per heavy atom. The van der Waals surface area contributed by atoms with Gasteiger partial charge in [-0.05, 0) is 80.8 Å². The molecule has 0 N–H and O–H groups in total. The summed E-state index contributed by atoms with van der Waals surface area (Å²) < 4.78 is 11.0.